The minimum atomic E-state index is -1.30. The molecule has 6 heteroatoms. The van der Waals surface area contributed by atoms with Gasteiger partial charge in [0.2, 0.25) is 0 Å². The lowest BCUT2D eigenvalue weighted by molar-refractivity contribution is -0.152. The quantitative estimate of drug-likeness (QED) is 0.762. The van der Waals surface area contributed by atoms with E-state index in [-0.39, 0.29) is 12.0 Å². The van der Waals surface area contributed by atoms with E-state index in [1.54, 1.807) is 17.0 Å². The predicted molar refractivity (Wildman–Crippen MR) is 114 cm³/mol. The molecule has 0 aliphatic carbocycles. The zero-order chi connectivity index (χ0) is 22.1. The maximum atomic E-state index is 12.5. The molecule has 1 aliphatic heterocycles. The van der Waals surface area contributed by atoms with Crippen LogP contribution in [0.15, 0.2) is 36.4 Å². The van der Waals surface area contributed by atoms with Gasteiger partial charge in [-0.25, -0.2) is 9.59 Å². The summed E-state index contributed by atoms with van der Waals surface area (Å²) in [5.41, 5.74) is 2.71. The number of rotatable bonds is 5. The van der Waals surface area contributed by atoms with Gasteiger partial charge < -0.3 is 19.5 Å². The molecule has 0 saturated carbocycles. The maximum Gasteiger partial charge on any atom is 0.415 e. The topological polar surface area (TPSA) is 76.1 Å². The Morgan fingerprint density at radius 3 is 2.23 bits per heavy atom. The molecule has 6 nitrogen and oxygen atoms in total. The van der Waals surface area contributed by atoms with Crippen molar-refractivity contribution in [2.24, 2.45) is 0 Å². The van der Waals surface area contributed by atoms with Gasteiger partial charge in [0.15, 0.2) is 5.60 Å². The van der Waals surface area contributed by atoms with E-state index in [2.05, 4.69) is 0 Å². The van der Waals surface area contributed by atoms with Crippen molar-refractivity contribution < 1.29 is 24.2 Å². The maximum absolute atomic E-state index is 12.5. The van der Waals surface area contributed by atoms with Gasteiger partial charge in [-0.15, -0.1) is 0 Å². The van der Waals surface area contributed by atoms with Crippen LogP contribution in [0.3, 0.4) is 0 Å². The summed E-state index contributed by atoms with van der Waals surface area (Å²) in [7, 11) is 0. The van der Waals surface area contributed by atoms with Crippen LogP contribution in [-0.4, -0.2) is 40.8 Å². The lowest BCUT2D eigenvalue weighted by atomic mass is 9.94. The first-order valence-electron chi connectivity index (χ1n) is 10.1. The Morgan fingerprint density at radius 1 is 1.07 bits per heavy atom. The van der Waals surface area contributed by atoms with Crippen molar-refractivity contribution in [2.75, 3.05) is 13.1 Å². The molecule has 1 heterocycles. The van der Waals surface area contributed by atoms with Crippen molar-refractivity contribution in [3.63, 3.8) is 0 Å². The molecule has 1 saturated heterocycles. The second-order valence-corrected chi connectivity index (χ2v) is 8.51. The summed E-state index contributed by atoms with van der Waals surface area (Å²) in [5.74, 6) is 0.335. The van der Waals surface area contributed by atoms with E-state index in [1.807, 2.05) is 45.0 Å². The minimum Gasteiger partial charge on any atom is -0.478 e. The second kappa shape index (κ2) is 8.38. The van der Waals surface area contributed by atoms with E-state index in [0.717, 1.165) is 28.7 Å². The van der Waals surface area contributed by atoms with E-state index in [9.17, 15) is 14.7 Å². The van der Waals surface area contributed by atoms with Gasteiger partial charge in [-0.1, -0.05) is 29.8 Å². The van der Waals surface area contributed by atoms with Gasteiger partial charge in [-0.3, -0.25) is 0 Å². The number of carboxylic acids is 1. The number of aryl methyl sites for hydroxylation is 3. The number of carbonyl (C=O) groups is 2. The van der Waals surface area contributed by atoms with Crippen LogP contribution in [0.1, 0.15) is 48.4 Å². The molecule has 0 radical (unpaired) electrons. The van der Waals surface area contributed by atoms with Gasteiger partial charge in [0.05, 0.1) is 0 Å². The number of carbonyl (C=O) groups excluding carboxylic acids is 1. The molecule has 1 atom stereocenters. The molecule has 0 unspecified atom stereocenters. The Hall–Kier alpha value is -3.02. The van der Waals surface area contributed by atoms with E-state index in [4.69, 9.17) is 9.47 Å². The van der Waals surface area contributed by atoms with Gasteiger partial charge in [0, 0.05) is 19.0 Å². The number of likely N-dealkylation sites (tertiary alicyclic amines) is 1. The molecule has 30 heavy (non-hydrogen) atoms. The molecular formula is C24H29NO5. The largest absolute Gasteiger partial charge is 0.478 e. The Balaban J connectivity index is 1.69. The van der Waals surface area contributed by atoms with Crippen LogP contribution in [0, 0.1) is 20.8 Å². The third-order valence-corrected chi connectivity index (χ3v) is 5.50. The highest BCUT2D eigenvalue weighted by atomic mass is 16.6. The summed E-state index contributed by atoms with van der Waals surface area (Å²) >= 11 is 0. The number of nitrogens with zero attached hydrogens (tertiary/aromatic N) is 1. The summed E-state index contributed by atoms with van der Waals surface area (Å²) in [6.45, 7) is 10.1. The van der Waals surface area contributed by atoms with Gasteiger partial charge in [-0.05, 0) is 69.9 Å². The fourth-order valence-electron chi connectivity index (χ4n) is 3.65. The van der Waals surface area contributed by atoms with Crippen LogP contribution in [0.4, 0.5) is 4.79 Å². The van der Waals surface area contributed by atoms with E-state index < -0.39 is 11.6 Å². The van der Waals surface area contributed by atoms with Gasteiger partial charge >= 0.3 is 12.1 Å². The lowest BCUT2D eigenvalue weighted by Crippen LogP contribution is -2.38. The number of hydrogen-bond donors (Lipinski definition) is 1. The van der Waals surface area contributed by atoms with Crippen molar-refractivity contribution in [2.45, 2.75) is 52.6 Å². The average Bonchev–Trinajstić information content (AvgIpc) is 3.16. The van der Waals surface area contributed by atoms with Gasteiger partial charge in [0.25, 0.3) is 0 Å². The molecule has 1 amide bonds. The molecule has 3 rings (SSSR count). The minimum absolute atomic E-state index is 0.203. The van der Waals surface area contributed by atoms with Crippen LogP contribution in [0.2, 0.25) is 0 Å². The summed E-state index contributed by atoms with van der Waals surface area (Å²) < 4.78 is 11.3. The van der Waals surface area contributed by atoms with Crippen LogP contribution in [0.25, 0.3) is 0 Å². The third-order valence-electron chi connectivity index (χ3n) is 5.50. The zero-order valence-electron chi connectivity index (χ0n) is 18.2. The SMILES string of the molecule is Cc1ccc(OC(=O)N2CC[C@H](c3cc(C)c(OC(C)(C)C(=O)O)c(C)c3)C2)cc1. The van der Waals surface area contributed by atoms with Crippen LogP contribution < -0.4 is 9.47 Å². The molecule has 1 fully saturated rings. The summed E-state index contributed by atoms with van der Waals surface area (Å²) in [5, 5.41) is 9.34. The lowest BCUT2D eigenvalue weighted by Gasteiger charge is -2.25. The van der Waals surface area contributed by atoms with Crippen molar-refractivity contribution in [1.29, 1.82) is 0 Å². The predicted octanol–water partition coefficient (Wildman–Crippen LogP) is 4.84. The van der Waals surface area contributed by atoms with Crippen molar-refractivity contribution in [3.8, 4) is 11.5 Å². The number of carboxylic acid groups (broad SMARTS) is 1. The summed E-state index contributed by atoms with van der Waals surface area (Å²) in [6, 6.07) is 11.5. The first-order chi connectivity index (χ1) is 14.1. The molecular weight excluding hydrogens is 382 g/mol. The monoisotopic (exact) mass is 411 g/mol. The normalized spacial score (nSPS) is 16.4. The zero-order valence-corrected chi connectivity index (χ0v) is 18.2. The van der Waals surface area contributed by atoms with E-state index in [0.29, 0.717) is 24.6 Å². The molecule has 1 N–H and O–H groups in total. The number of aliphatic carboxylic acids is 1. The number of hydrogen-bond acceptors (Lipinski definition) is 4. The Labute approximate surface area is 177 Å². The molecule has 1 aliphatic rings. The van der Waals surface area contributed by atoms with Crippen LogP contribution >= 0.6 is 0 Å². The highest BCUT2D eigenvalue weighted by Gasteiger charge is 2.32. The fourth-order valence-corrected chi connectivity index (χ4v) is 3.65. The highest BCUT2D eigenvalue weighted by Crippen LogP contribution is 2.34. The van der Waals surface area contributed by atoms with E-state index in [1.165, 1.54) is 13.8 Å². The number of amides is 1. The number of ether oxygens (including phenoxy) is 2. The number of benzene rings is 2. The second-order valence-electron chi connectivity index (χ2n) is 8.51. The van der Waals surface area contributed by atoms with Crippen molar-refractivity contribution in [3.05, 3.63) is 58.7 Å². The molecule has 0 bridgehead atoms. The molecule has 2 aromatic rings. The summed E-state index contributed by atoms with van der Waals surface area (Å²) in [4.78, 5) is 25.6. The molecule has 160 valence electrons. The smallest absolute Gasteiger partial charge is 0.415 e. The molecule has 0 spiro atoms. The van der Waals surface area contributed by atoms with Crippen LogP contribution in [0.5, 0.6) is 11.5 Å². The Bertz CT molecular complexity index is 926. The highest BCUT2D eigenvalue weighted by molar-refractivity contribution is 5.77. The van der Waals surface area contributed by atoms with E-state index >= 15 is 0 Å². The standard InChI is InChI=1S/C24H29NO5/c1-15-6-8-20(9-7-15)29-23(28)25-11-10-18(14-25)19-12-16(2)21(17(3)13-19)30-24(4,5)22(26)27/h6-9,12-13,18H,10-11,14H2,1-5H3,(H,26,27)/t18-/m0/s1. The third kappa shape index (κ3) is 4.75. The average molecular weight is 411 g/mol. The Morgan fingerprint density at radius 2 is 1.67 bits per heavy atom. The van der Waals surface area contributed by atoms with Crippen LogP contribution in [-0.2, 0) is 4.79 Å². The van der Waals surface area contributed by atoms with Gasteiger partial charge in [-0.2, -0.15) is 0 Å². The van der Waals surface area contributed by atoms with Crippen molar-refractivity contribution >= 4 is 12.1 Å². The first-order valence-corrected chi connectivity index (χ1v) is 10.1. The molecule has 0 aromatic heterocycles. The van der Waals surface area contributed by atoms with Gasteiger partial charge in [0.1, 0.15) is 11.5 Å². The fraction of sp³-hybridized carbons (Fsp3) is 0.417. The summed E-state index contributed by atoms with van der Waals surface area (Å²) in [6.07, 6.45) is 0.515. The first kappa shape index (κ1) is 21.7. The molecule has 2 aromatic carbocycles. The van der Waals surface area contributed by atoms with Crippen molar-refractivity contribution in [1.82, 2.24) is 4.90 Å². The Kier molecular flexibility index (Phi) is 6.06.